The van der Waals surface area contributed by atoms with E-state index in [2.05, 4.69) is 15.3 Å². The number of aromatic nitrogens is 3. The van der Waals surface area contributed by atoms with Gasteiger partial charge in [-0.25, -0.2) is 18.4 Å². The Hall–Kier alpha value is -2.52. The lowest BCUT2D eigenvalue weighted by molar-refractivity contribution is -0.119. The summed E-state index contributed by atoms with van der Waals surface area (Å²) in [7, 11) is -2.15. The molecule has 0 bridgehead atoms. The normalized spacial score (nSPS) is 11.5. The zero-order chi connectivity index (χ0) is 19.6. The Morgan fingerprint density at radius 1 is 1.30 bits per heavy atom. The number of amides is 1. The van der Waals surface area contributed by atoms with E-state index < -0.39 is 9.84 Å². The standard InChI is InChI=1S/C18H20N4O3S2/c1-12-4-5-13(2)15(8-12)22-7-6-20-18(22)27(24,25)11-14-10-26-17(21-14)9-16(23)19-3/h4-8,10H,9,11H2,1-3H3,(H,19,23). The summed E-state index contributed by atoms with van der Waals surface area (Å²) < 4.78 is 27.5. The minimum atomic E-state index is -3.70. The summed E-state index contributed by atoms with van der Waals surface area (Å²) in [6, 6.07) is 5.86. The lowest BCUT2D eigenvalue weighted by Gasteiger charge is -2.11. The fourth-order valence-electron chi connectivity index (χ4n) is 2.66. The third-order valence-corrected chi connectivity index (χ3v) is 6.47. The molecular formula is C18H20N4O3S2. The molecule has 0 aliphatic rings. The number of benzene rings is 1. The summed E-state index contributed by atoms with van der Waals surface area (Å²) >= 11 is 1.27. The number of hydrogen-bond acceptors (Lipinski definition) is 6. The molecule has 1 aromatic carbocycles. The van der Waals surface area contributed by atoms with Crippen LogP contribution in [0.25, 0.3) is 5.69 Å². The molecule has 27 heavy (non-hydrogen) atoms. The van der Waals surface area contributed by atoms with Gasteiger partial charge in [-0.1, -0.05) is 12.1 Å². The highest BCUT2D eigenvalue weighted by atomic mass is 32.2. The second-order valence-electron chi connectivity index (χ2n) is 6.21. The van der Waals surface area contributed by atoms with Crippen molar-refractivity contribution in [3.05, 3.63) is 57.8 Å². The van der Waals surface area contributed by atoms with E-state index in [4.69, 9.17) is 0 Å². The molecule has 1 N–H and O–H groups in total. The molecule has 9 heteroatoms. The van der Waals surface area contributed by atoms with E-state index in [1.165, 1.54) is 17.5 Å². The highest BCUT2D eigenvalue weighted by molar-refractivity contribution is 7.90. The maximum atomic E-state index is 12.9. The first-order valence-corrected chi connectivity index (χ1v) is 10.8. The van der Waals surface area contributed by atoms with Crippen molar-refractivity contribution in [2.75, 3.05) is 7.05 Å². The van der Waals surface area contributed by atoms with Crippen LogP contribution in [0.15, 0.2) is 41.1 Å². The van der Waals surface area contributed by atoms with Crippen LogP contribution in [0.5, 0.6) is 0 Å². The highest BCUT2D eigenvalue weighted by Crippen LogP contribution is 2.23. The first kappa shape index (κ1) is 19.2. The van der Waals surface area contributed by atoms with Crippen molar-refractivity contribution in [3.63, 3.8) is 0 Å². The molecule has 0 saturated carbocycles. The van der Waals surface area contributed by atoms with Gasteiger partial charge in [-0.15, -0.1) is 11.3 Å². The summed E-state index contributed by atoms with van der Waals surface area (Å²) in [4.78, 5) is 19.8. The molecule has 3 aromatic rings. The Morgan fingerprint density at radius 3 is 2.81 bits per heavy atom. The number of carbonyl (C=O) groups excluding carboxylic acids is 1. The van der Waals surface area contributed by atoms with Crippen molar-refractivity contribution in [1.82, 2.24) is 19.9 Å². The van der Waals surface area contributed by atoms with Crippen LogP contribution >= 0.6 is 11.3 Å². The Bertz CT molecular complexity index is 1080. The molecule has 7 nitrogen and oxygen atoms in total. The van der Waals surface area contributed by atoms with Crippen LogP contribution in [0.3, 0.4) is 0 Å². The smallest absolute Gasteiger partial charge is 0.232 e. The number of thiazole rings is 1. The fraction of sp³-hybridized carbons (Fsp3) is 0.278. The number of rotatable bonds is 6. The van der Waals surface area contributed by atoms with E-state index in [-0.39, 0.29) is 23.2 Å². The van der Waals surface area contributed by atoms with Crippen molar-refractivity contribution in [3.8, 4) is 5.69 Å². The predicted molar refractivity (Wildman–Crippen MR) is 104 cm³/mol. The largest absolute Gasteiger partial charge is 0.359 e. The summed E-state index contributed by atoms with van der Waals surface area (Å²) in [5, 5.41) is 4.76. The number of carbonyl (C=O) groups is 1. The maximum absolute atomic E-state index is 12.9. The molecule has 0 fully saturated rings. The summed E-state index contributed by atoms with van der Waals surface area (Å²) in [6.07, 6.45) is 3.26. The molecular weight excluding hydrogens is 384 g/mol. The van der Waals surface area contributed by atoms with Crippen molar-refractivity contribution in [2.24, 2.45) is 0 Å². The van der Waals surface area contributed by atoms with Crippen LogP contribution in [-0.2, 0) is 26.8 Å². The lowest BCUT2D eigenvalue weighted by atomic mass is 10.1. The zero-order valence-electron chi connectivity index (χ0n) is 15.3. The summed E-state index contributed by atoms with van der Waals surface area (Å²) in [5.74, 6) is -0.428. The lowest BCUT2D eigenvalue weighted by Crippen LogP contribution is -2.19. The van der Waals surface area contributed by atoms with Crippen molar-refractivity contribution >= 4 is 27.1 Å². The summed E-state index contributed by atoms with van der Waals surface area (Å²) in [6.45, 7) is 3.88. The number of imidazole rings is 1. The second kappa shape index (κ2) is 7.61. The van der Waals surface area contributed by atoms with Gasteiger partial charge < -0.3 is 5.32 Å². The molecule has 0 radical (unpaired) electrons. The van der Waals surface area contributed by atoms with E-state index in [9.17, 15) is 13.2 Å². The number of likely N-dealkylation sites (N-methyl/N-ethyl adjacent to an activating group) is 1. The predicted octanol–water partition coefficient (Wildman–Crippen LogP) is 2.21. The number of aryl methyl sites for hydroxylation is 2. The fourth-order valence-corrected chi connectivity index (χ4v) is 4.91. The Labute approximate surface area is 162 Å². The minimum absolute atomic E-state index is 0.0166. The quantitative estimate of drug-likeness (QED) is 0.680. The first-order chi connectivity index (χ1) is 12.8. The highest BCUT2D eigenvalue weighted by Gasteiger charge is 2.24. The average molecular weight is 405 g/mol. The first-order valence-electron chi connectivity index (χ1n) is 8.28. The van der Waals surface area contributed by atoms with Crippen LogP contribution in [0.2, 0.25) is 0 Å². The molecule has 0 unspecified atom stereocenters. The number of hydrogen-bond donors (Lipinski definition) is 1. The molecule has 0 spiro atoms. The molecule has 142 valence electrons. The monoisotopic (exact) mass is 404 g/mol. The Kier molecular flexibility index (Phi) is 5.43. The molecule has 0 aliphatic heterocycles. The minimum Gasteiger partial charge on any atom is -0.359 e. The van der Waals surface area contributed by atoms with E-state index >= 15 is 0 Å². The SMILES string of the molecule is CNC(=O)Cc1nc(CS(=O)(=O)c2nccn2-c2cc(C)ccc2C)cs1. The van der Waals surface area contributed by atoms with E-state index in [1.54, 1.807) is 23.2 Å². The van der Waals surface area contributed by atoms with Gasteiger partial charge in [0.2, 0.25) is 20.9 Å². The van der Waals surface area contributed by atoms with Crippen LogP contribution in [0, 0.1) is 13.8 Å². The van der Waals surface area contributed by atoms with Gasteiger partial charge in [0.25, 0.3) is 0 Å². The van der Waals surface area contributed by atoms with Crippen molar-refractivity contribution < 1.29 is 13.2 Å². The van der Waals surface area contributed by atoms with Gasteiger partial charge in [0.05, 0.1) is 17.8 Å². The number of nitrogens with zero attached hydrogens (tertiary/aromatic N) is 3. The average Bonchev–Trinajstić information content (AvgIpc) is 3.26. The van der Waals surface area contributed by atoms with E-state index in [0.29, 0.717) is 10.7 Å². The Morgan fingerprint density at radius 2 is 2.07 bits per heavy atom. The Balaban J connectivity index is 1.90. The van der Waals surface area contributed by atoms with Gasteiger partial charge in [0, 0.05) is 24.8 Å². The third-order valence-electron chi connectivity index (χ3n) is 4.04. The van der Waals surface area contributed by atoms with Crippen LogP contribution < -0.4 is 5.32 Å². The summed E-state index contributed by atoms with van der Waals surface area (Å²) in [5.41, 5.74) is 3.18. The maximum Gasteiger partial charge on any atom is 0.232 e. The van der Waals surface area contributed by atoms with Gasteiger partial charge in [0.15, 0.2) is 0 Å². The van der Waals surface area contributed by atoms with Gasteiger partial charge in [0.1, 0.15) is 10.8 Å². The number of nitrogens with one attached hydrogen (secondary N) is 1. The zero-order valence-corrected chi connectivity index (χ0v) is 16.9. The van der Waals surface area contributed by atoms with Crippen LogP contribution in [0.1, 0.15) is 21.8 Å². The molecule has 2 aromatic heterocycles. The second-order valence-corrected chi connectivity index (χ2v) is 9.04. The third kappa shape index (κ3) is 4.25. The topological polar surface area (TPSA) is 93.9 Å². The van der Waals surface area contributed by atoms with E-state index in [1.807, 2.05) is 32.0 Å². The van der Waals surface area contributed by atoms with Gasteiger partial charge in [-0.05, 0) is 31.0 Å². The van der Waals surface area contributed by atoms with Gasteiger partial charge in [-0.2, -0.15) is 0 Å². The van der Waals surface area contributed by atoms with Gasteiger partial charge in [-0.3, -0.25) is 9.36 Å². The van der Waals surface area contributed by atoms with E-state index in [0.717, 1.165) is 16.8 Å². The molecule has 0 saturated heterocycles. The molecule has 1 amide bonds. The molecule has 2 heterocycles. The van der Waals surface area contributed by atoms with Crippen LogP contribution in [-0.4, -0.2) is 35.9 Å². The molecule has 0 aliphatic carbocycles. The number of sulfone groups is 1. The van der Waals surface area contributed by atoms with Crippen molar-refractivity contribution in [2.45, 2.75) is 31.2 Å². The van der Waals surface area contributed by atoms with Crippen molar-refractivity contribution in [1.29, 1.82) is 0 Å². The van der Waals surface area contributed by atoms with Gasteiger partial charge >= 0.3 is 0 Å². The molecule has 0 atom stereocenters. The molecule has 3 rings (SSSR count). The van der Waals surface area contributed by atoms with Crippen LogP contribution in [0.4, 0.5) is 0 Å².